The highest BCUT2D eigenvalue weighted by molar-refractivity contribution is 5.51. The van der Waals surface area contributed by atoms with Crippen LogP contribution in [0.4, 0.5) is 5.82 Å². The van der Waals surface area contributed by atoms with E-state index in [1.807, 2.05) is 12.3 Å². The Morgan fingerprint density at radius 1 is 1.15 bits per heavy atom. The van der Waals surface area contributed by atoms with E-state index in [4.69, 9.17) is 9.97 Å². The van der Waals surface area contributed by atoms with E-state index in [2.05, 4.69) is 47.7 Å². The topological polar surface area (TPSA) is 45.2 Å². The zero-order valence-electron chi connectivity index (χ0n) is 16.9. The highest BCUT2D eigenvalue weighted by atomic mass is 15.2. The van der Waals surface area contributed by atoms with Crippen molar-refractivity contribution < 1.29 is 0 Å². The zero-order chi connectivity index (χ0) is 18.8. The number of anilines is 1. The molecule has 0 bridgehead atoms. The van der Waals surface area contributed by atoms with Crippen molar-refractivity contribution >= 4 is 5.82 Å². The quantitative estimate of drug-likeness (QED) is 0.803. The molecule has 0 aromatic carbocycles. The van der Waals surface area contributed by atoms with Gasteiger partial charge in [-0.2, -0.15) is 0 Å². The monoisotopic (exact) mass is 365 g/mol. The predicted octanol–water partition coefficient (Wildman–Crippen LogP) is 3.93. The van der Waals surface area contributed by atoms with Gasteiger partial charge in [0, 0.05) is 30.5 Å². The first-order valence-electron chi connectivity index (χ1n) is 10.4. The van der Waals surface area contributed by atoms with Crippen molar-refractivity contribution in [2.24, 2.45) is 5.92 Å². The summed E-state index contributed by atoms with van der Waals surface area (Å²) in [6, 6.07) is 6.51. The fourth-order valence-corrected chi connectivity index (χ4v) is 4.51. The van der Waals surface area contributed by atoms with Crippen molar-refractivity contribution in [3.8, 4) is 0 Å². The lowest BCUT2D eigenvalue weighted by Gasteiger charge is -2.32. The second-order valence-electron chi connectivity index (χ2n) is 8.36. The van der Waals surface area contributed by atoms with Crippen LogP contribution in [0.5, 0.6) is 0 Å². The van der Waals surface area contributed by atoms with Crippen LogP contribution in [0.15, 0.2) is 24.4 Å². The Kier molecular flexibility index (Phi) is 5.39. The molecular weight excluding hydrogens is 334 g/mol. The van der Waals surface area contributed by atoms with Crippen LogP contribution in [-0.2, 0) is 13.0 Å². The minimum absolute atomic E-state index is 0.370. The van der Waals surface area contributed by atoms with E-state index in [0.29, 0.717) is 12.0 Å². The summed E-state index contributed by atoms with van der Waals surface area (Å²) in [6.45, 7) is 10.9. The average Bonchev–Trinajstić information content (AvgIpc) is 3.10. The molecule has 0 unspecified atom stereocenters. The van der Waals surface area contributed by atoms with Gasteiger partial charge in [0.1, 0.15) is 11.6 Å². The normalized spacial score (nSPS) is 20.3. The number of hydrogen-bond donors (Lipinski definition) is 0. The van der Waals surface area contributed by atoms with Crippen LogP contribution in [0.1, 0.15) is 61.9 Å². The molecule has 2 aromatic rings. The Bertz CT molecular complexity index is 774. The number of fused-ring (bicyclic) bond motifs is 1. The van der Waals surface area contributed by atoms with Crippen LogP contribution in [0.3, 0.4) is 0 Å². The number of nitrogens with zero attached hydrogens (tertiary/aromatic N) is 5. The first-order valence-corrected chi connectivity index (χ1v) is 10.4. The maximum Gasteiger partial charge on any atom is 0.148 e. The van der Waals surface area contributed by atoms with E-state index in [-0.39, 0.29) is 0 Å². The number of aryl methyl sites for hydroxylation is 1. The lowest BCUT2D eigenvalue weighted by Crippen LogP contribution is -2.33. The van der Waals surface area contributed by atoms with Crippen LogP contribution in [0.2, 0.25) is 0 Å². The van der Waals surface area contributed by atoms with Gasteiger partial charge in [-0.05, 0) is 57.2 Å². The predicted molar refractivity (Wildman–Crippen MR) is 109 cm³/mol. The minimum Gasteiger partial charge on any atom is -0.350 e. The fourth-order valence-electron chi connectivity index (χ4n) is 4.51. The summed E-state index contributed by atoms with van der Waals surface area (Å²) in [5.41, 5.74) is 3.59. The van der Waals surface area contributed by atoms with Crippen LogP contribution in [-0.4, -0.2) is 39.5 Å². The summed E-state index contributed by atoms with van der Waals surface area (Å²) in [6.07, 6.45) is 6.53. The molecule has 27 heavy (non-hydrogen) atoms. The van der Waals surface area contributed by atoms with Gasteiger partial charge in [-0.3, -0.25) is 9.88 Å². The van der Waals surface area contributed by atoms with E-state index in [0.717, 1.165) is 55.5 Å². The summed E-state index contributed by atoms with van der Waals surface area (Å²) in [7, 11) is 0. The Hall–Kier alpha value is -2.01. The maximum absolute atomic E-state index is 5.14. The van der Waals surface area contributed by atoms with Gasteiger partial charge in [-0.1, -0.05) is 19.9 Å². The molecule has 144 valence electrons. The molecule has 5 heteroatoms. The van der Waals surface area contributed by atoms with Gasteiger partial charge in [-0.25, -0.2) is 9.97 Å². The second-order valence-corrected chi connectivity index (χ2v) is 8.36. The Morgan fingerprint density at radius 3 is 2.81 bits per heavy atom. The summed E-state index contributed by atoms with van der Waals surface area (Å²) in [5, 5.41) is 0. The van der Waals surface area contributed by atoms with Crippen molar-refractivity contribution in [3.05, 3.63) is 47.2 Å². The van der Waals surface area contributed by atoms with Crippen LogP contribution in [0, 0.1) is 12.8 Å². The third-order valence-corrected chi connectivity index (χ3v) is 5.70. The number of pyridine rings is 1. The molecule has 0 amide bonds. The molecule has 2 aromatic heterocycles. The fraction of sp³-hybridized carbons (Fsp3) is 0.591. The third kappa shape index (κ3) is 3.98. The van der Waals surface area contributed by atoms with E-state index in [1.165, 1.54) is 24.9 Å². The van der Waals surface area contributed by atoms with Crippen molar-refractivity contribution in [1.82, 2.24) is 19.9 Å². The van der Waals surface area contributed by atoms with E-state index in [1.54, 1.807) is 0 Å². The summed E-state index contributed by atoms with van der Waals surface area (Å²) in [5.74, 6) is 2.84. The molecular formula is C22H31N5. The molecule has 2 aliphatic rings. The van der Waals surface area contributed by atoms with E-state index in [9.17, 15) is 0 Å². The van der Waals surface area contributed by atoms with Gasteiger partial charge < -0.3 is 4.90 Å². The molecule has 0 saturated carbocycles. The molecule has 0 spiro atoms. The Balaban J connectivity index is 1.64. The summed E-state index contributed by atoms with van der Waals surface area (Å²) < 4.78 is 0. The molecule has 1 saturated heterocycles. The first kappa shape index (κ1) is 18.4. The molecule has 0 N–H and O–H groups in total. The van der Waals surface area contributed by atoms with Crippen molar-refractivity contribution in [2.45, 2.75) is 59.0 Å². The lowest BCUT2D eigenvalue weighted by atomic mass is 10.0. The van der Waals surface area contributed by atoms with Crippen molar-refractivity contribution in [3.63, 3.8) is 0 Å². The maximum atomic E-state index is 5.14. The molecule has 1 fully saturated rings. The number of aromatic nitrogens is 3. The summed E-state index contributed by atoms with van der Waals surface area (Å²) in [4.78, 5) is 19.6. The highest BCUT2D eigenvalue weighted by Gasteiger charge is 2.31. The van der Waals surface area contributed by atoms with Crippen molar-refractivity contribution in [2.75, 3.05) is 24.5 Å². The Morgan fingerprint density at radius 2 is 2.04 bits per heavy atom. The largest absolute Gasteiger partial charge is 0.350 e. The standard InChI is InChI=1S/C22H31N5/c1-16(2)14-26-12-7-10-20(26)21-24-17(3)19-9-6-13-27(22(19)25-21)15-18-8-4-5-11-23-18/h4-5,8,11,16,20H,6-7,9-10,12-15H2,1-3H3/t20-/m1/s1. The number of rotatable bonds is 5. The van der Waals surface area contributed by atoms with Gasteiger partial charge in [0.2, 0.25) is 0 Å². The molecule has 0 radical (unpaired) electrons. The van der Waals surface area contributed by atoms with E-state index >= 15 is 0 Å². The molecule has 5 nitrogen and oxygen atoms in total. The first-order chi connectivity index (χ1) is 13.1. The SMILES string of the molecule is Cc1nc([C@H]2CCCN2CC(C)C)nc2c1CCCN2Cc1ccccn1. The third-order valence-electron chi connectivity index (χ3n) is 5.70. The molecule has 1 atom stereocenters. The molecule has 0 aliphatic carbocycles. The van der Waals surface area contributed by atoms with Crippen LogP contribution < -0.4 is 4.90 Å². The second kappa shape index (κ2) is 7.93. The minimum atomic E-state index is 0.370. The number of likely N-dealkylation sites (tertiary alicyclic amines) is 1. The smallest absolute Gasteiger partial charge is 0.148 e. The van der Waals surface area contributed by atoms with Crippen LogP contribution >= 0.6 is 0 Å². The highest BCUT2D eigenvalue weighted by Crippen LogP contribution is 2.34. The average molecular weight is 366 g/mol. The van der Waals surface area contributed by atoms with Crippen molar-refractivity contribution in [1.29, 1.82) is 0 Å². The lowest BCUT2D eigenvalue weighted by molar-refractivity contribution is 0.221. The molecule has 4 rings (SSSR count). The molecule has 2 aliphatic heterocycles. The molecule has 4 heterocycles. The zero-order valence-corrected chi connectivity index (χ0v) is 16.9. The van der Waals surface area contributed by atoms with E-state index < -0.39 is 0 Å². The van der Waals surface area contributed by atoms with Gasteiger partial charge in [-0.15, -0.1) is 0 Å². The van der Waals surface area contributed by atoms with Gasteiger partial charge in [0.25, 0.3) is 0 Å². The van der Waals surface area contributed by atoms with Gasteiger partial charge in [0.05, 0.1) is 18.3 Å². The van der Waals surface area contributed by atoms with Gasteiger partial charge in [0.15, 0.2) is 0 Å². The Labute approximate surface area is 162 Å². The van der Waals surface area contributed by atoms with Gasteiger partial charge >= 0.3 is 0 Å². The number of hydrogen-bond acceptors (Lipinski definition) is 5. The van der Waals surface area contributed by atoms with Crippen LogP contribution in [0.25, 0.3) is 0 Å². The summed E-state index contributed by atoms with van der Waals surface area (Å²) >= 11 is 0.